The largest absolute Gasteiger partial charge is 0.326 e. The number of benzene rings is 1. The fourth-order valence-electron chi connectivity index (χ4n) is 1.95. The minimum absolute atomic E-state index is 0.0250. The van der Waals surface area contributed by atoms with Crippen molar-refractivity contribution < 1.29 is 4.79 Å². The van der Waals surface area contributed by atoms with Crippen molar-refractivity contribution in [1.82, 2.24) is 4.90 Å². The summed E-state index contributed by atoms with van der Waals surface area (Å²) in [5.41, 5.74) is 1.34. The molecule has 0 aromatic heterocycles. The summed E-state index contributed by atoms with van der Waals surface area (Å²) in [4.78, 5) is 14.1. The van der Waals surface area contributed by atoms with Crippen LogP contribution in [0.5, 0.6) is 0 Å². The Bertz CT molecular complexity index is 474. The minimum Gasteiger partial charge on any atom is -0.326 e. The number of hydrogen-bond donors (Lipinski definition) is 1. The molecule has 0 aliphatic rings. The normalized spacial score (nSPS) is 10.7. The second-order valence-corrected chi connectivity index (χ2v) is 5.83. The molecule has 1 N–H and O–H groups in total. The molecule has 0 bridgehead atoms. The summed E-state index contributed by atoms with van der Waals surface area (Å²) in [7, 11) is 2.10. The van der Waals surface area contributed by atoms with Crippen molar-refractivity contribution in [3.8, 4) is 6.07 Å². The van der Waals surface area contributed by atoms with Crippen molar-refractivity contribution in [1.29, 1.82) is 5.26 Å². The first-order valence-corrected chi connectivity index (χ1v) is 7.50. The molecule has 1 aromatic rings. The smallest absolute Gasteiger partial charge is 0.224 e. The molecule has 0 unspecified atom stereocenters. The molecule has 0 spiro atoms. The van der Waals surface area contributed by atoms with Crippen LogP contribution in [0.15, 0.2) is 24.3 Å². The van der Waals surface area contributed by atoms with Gasteiger partial charge in [0.25, 0.3) is 0 Å². The van der Waals surface area contributed by atoms with E-state index in [0.29, 0.717) is 17.9 Å². The first kappa shape index (κ1) is 17.2. The van der Waals surface area contributed by atoms with E-state index in [1.165, 1.54) is 6.42 Å². The van der Waals surface area contributed by atoms with Crippen molar-refractivity contribution in [2.24, 2.45) is 5.92 Å². The van der Waals surface area contributed by atoms with E-state index in [4.69, 9.17) is 5.26 Å². The topological polar surface area (TPSA) is 56.1 Å². The van der Waals surface area contributed by atoms with Crippen LogP contribution in [-0.2, 0) is 4.79 Å². The monoisotopic (exact) mass is 287 g/mol. The molecule has 4 heteroatoms. The highest BCUT2D eigenvalue weighted by Crippen LogP contribution is 2.09. The van der Waals surface area contributed by atoms with E-state index >= 15 is 0 Å². The lowest BCUT2D eigenvalue weighted by Gasteiger charge is -2.17. The van der Waals surface area contributed by atoms with Gasteiger partial charge in [0.05, 0.1) is 11.6 Å². The van der Waals surface area contributed by atoms with Gasteiger partial charge in [0.15, 0.2) is 0 Å². The average molecular weight is 287 g/mol. The predicted molar refractivity (Wildman–Crippen MR) is 86.0 cm³/mol. The van der Waals surface area contributed by atoms with E-state index in [1.807, 2.05) is 0 Å². The van der Waals surface area contributed by atoms with Gasteiger partial charge in [0, 0.05) is 12.1 Å². The SMILES string of the molecule is CC(C)CCN(C)CCCC(=O)Nc1ccc(C#N)cc1. The van der Waals surface area contributed by atoms with Gasteiger partial charge in [0.1, 0.15) is 0 Å². The number of rotatable bonds is 8. The van der Waals surface area contributed by atoms with Gasteiger partial charge in [-0.2, -0.15) is 5.26 Å². The van der Waals surface area contributed by atoms with Gasteiger partial charge >= 0.3 is 0 Å². The van der Waals surface area contributed by atoms with Crippen LogP contribution >= 0.6 is 0 Å². The van der Waals surface area contributed by atoms with Crippen LogP contribution in [-0.4, -0.2) is 30.9 Å². The predicted octanol–water partition coefficient (Wildman–Crippen LogP) is 3.25. The van der Waals surface area contributed by atoms with E-state index in [9.17, 15) is 4.79 Å². The maximum atomic E-state index is 11.8. The molecule has 0 fully saturated rings. The van der Waals surface area contributed by atoms with E-state index < -0.39 is 0 Å². The zero-order valence-electron chi connectivity index (χ0n) is 13.2. The molecule has 1 aromatic carbocycles. The van der Waals surface area contributed by atoms with Gasteiger partial charge in [-0.1, -0.05) is 13.8 Å². The second-order valence-electron chi connectivity index (χ2n) is 5.83. The molecule has 0 saturated heterocycles. The van der Waals surface area contributed by atoms with Crippen LogP contribution in [0.1, 0.15) is 38.7 Å². The van der Waals surface area contributed by atoms with Crippen molar-refractivity contribution in [2.75, 3.05) is 25.5 Å². The lowest BCUT2D eigenvalue weighted by Crippen LogP contribution is -2.23. The molecule has 0 radical (unpaired) electrons. The van der Waals surface area contributed by atoms with Crippen LogP contribution in [0.2, 0.25) is 0 Å². The summed E-state index contributed by atoms with van der Waals surface area (Å²) in [6.07, 6.45) is 2.57. The minimum atomic E-state index is 0.0250. The Labute approximate surface area is 127 Å². The summed E-state index contributed by atoms with van der Waals surface area (Å²) in [6, 6.07) is 8.97. The molecule has 1 rings (SSSR count). The Balaban J connectivity index is 2.23. The molecular weight excluding hydrogens is 262 g/mol. The van der Waals surface area contributed by atoms with Crippen molar-refractivity contribution in [2.45, 2.75) is 33.1 Å². The zero-order valence-corrected chi connectivity index (χ0v) is 13.2. The highest BCUT2D eigenvalue weighted by molar-refractivity contribution is 5.90. The van der Waals surface area contributed by atoms with Gasteiger partial charge in [-0.3, -0.25) is 4.79 Å². The summed E-state index contributed by atoms with van der Waals surface area (Å²) in [5.74, 6) is 0.740. The summed E-state index contributed by atoms with van der Waals surface area (Å²) in [5, 5.41) is 11.6. The Morgan fingerprint density at radius 3 is 2.52 bits per heavy atom. The Morgan fingerprint density at radius 2 is 1.95 bits per heavy atom. The number of nitrogens with one attached hydrogen (secondary N) is 1. The number of nitriles is 1. The van der Waals surface area contributed by atoms with Crippen LogP contribution in [0.4, 0.5) is 5.69 Å². The first-order valence-electron chi connectivity index (χ1n) is 7.50. The van der Waals surface area contributed by atoms with Crippen LogP contribution in [0.25, 0.3) is 0 Å². The second kappa shape index (κ2) is 9.15. The maximum Gasteiger partial charge on any atom is 0.224 e. The molecule has 0 aliphatic heterocycles. The van der Waals surface area contributed by atoms with E-state index in [-0.39, 0.29) is 5.91 Å². The molecule has 0 atom stereocenters. The Kier molecular flexibility index (Phi) is 7.49. The van der Waals surface area contributed by atoms with E-state index in [0.717, 1.165) is 25.2 Å². The Hall–Kier alpha value is -1.86. The molecule has 4 nitrogen and oxygen atoms in total. The highest BCUT2D eigenvalue weighted by atomic mass is 16.1. The molecular formula is C17H25N3O. The number of amides is 1. The van der Waals surface area contributed by atoms with Gasteiger partial charge in [-0.15, -0.1) is 0 Å². The molecule has 114 valence electrons. The summed E-state index contributed by atoms with van der Waals surface area (Å²) >= 11 is 0. The third kappa shape index (κ3) is 7.48. The van der Waals surface area contributed by atoms with E-state index in [2.05, 4.69) is 37.2 Å². The van der Waals surface area contributed by atoms with Crippen molar-refractivity contribution >= 4 is 11.6 Å². The molecule has 21 heavy (non-hydrogen) atoms. The molecule has 0 heterocycles. The van der Waals surface area contributed by atoms with Crippen LogP contribution in [0, 0.1) is 17.2 Å². The maximum absolute atomic E-state index is 11.8. The number of carbonyl (C=O) groups excluding carboxylic acids is 1. The van der Waals surface area contributed by atoms with Crippen molar-refractivity contribution in [3.63, 3.8) is 0 Å². The lowest BCUT2D eigenvalue weighted by molar-refractivity contribution is -0.116. The van der Waals surface area contributed by atoms with Gasteiger partial charge < -0.3 is 10.2 Å². The number of carbonyl (C=O) groups is 1. The molecule has 1 amide bonds. The van der Waals surface area contributed by atoms with Gasteiger partial charge in [-0.05, 0) is 63.2 Å². The summed E-state index contributed by atoms with van der Waals surface area (Å²) < 4.78 is 0. The fourth-order valence-corrected chi connectivity index (χ4v) is 1.95. The lowest BCUT2D eigenvalue weighted by atomic mass is 10.1. The number of hydrogen-bond acceptors (Lipinski definition) is 3. The number of nitrogens with zero attached hydrogens (tertiary/aromatic N) is 2. The zero-order chi connectivity index (χ0) is 15.7. The quantitative estimate of drug-likeness (QED) is 0.798. The third-order valence-corrected chi connectivity index (χ3v) is 3.33. The van der Waals surface area contributed by atoms with E-state index in [1.54, 1.807) is 24.3 Å². The Morgan fingerprint density at radius 1 is 1.29 bits per heavy atom. The average Bonchev–Trinajstić information content (AvgIpc) is 2.46. The van der Waals surface area contributed by atoms with Crippen LogP contribution in [0.3, 0.4) is 0 Å². The number of anilines is 1. The molecule has 0 saturated carbocycles. The van der Waals surface area contributed by atoms with Crippen molar-refractivity contribution in [3.05, 3.63) is 29.8 Å². The fraction of sp³-hybridized carbons (Fsp3) is 0.529. The van der Waals surface area contributed by atoms with Gasteiger partial charge in [0.2, 0.25) is 5.91 Å². The van der Waals surface area contributed by atoms with Gasteiger partial charge in [-0.25, -0.2) is 0 Å². The standard InChI is InChI=1S/C17H25N3O/c1-14(2)10-12-20(3)11-4-5-17(21)19-16-8-6-15(13-18)7-9-16/h6-9,14H,4-5,10-12H2,1-3H3,(H,19,21). The first-order chi connectivity index (χ1) is 10.0. The van der Waals surface area contributed by atoms with Crippen LogP contribution < -0.4 is 5.32 Å². The summed E-state index contributed by atoms with van der Waals surface area (Å²) in [6.45, 7) is 6.46. The molecule has 0 aliphatic carbocycles. The highest BCUT2D eigenvalue weighted by Gasteiger charge is 2.05. The third-order valence-electron chi connectivity index (χ3n) is 3.33.